The number of carbonyl (C=O) groups excluding carboxylic acids is 1. The maximum Gasteiger partial charge on any atom is 0.416 e. The standard InChI is InChI=1S/C31H34F6N2O/c1-20-19-39(13-11-29(20)10-8-23-4-2-3-5-27(23)29)12-9-24(14-21-6-7-21)28(40)38-18-22-15-25(30(32,33)34)17-26(16-22)31(35,36)37/h2-5,8,10,15-17,20-21,24H,6-7,9,11-14,18-19H2,1H3,(H,38,40)/t20-,24?,29-/m0/s1. The number of likely N-dealkylation sites (tertiary alicyclic amines) is 1. The lowest BCUT2D eigenvalue weighted by Gasteiger charge is -2.44. The first-order chi connectivity index (χ1) is 18.8. The van der Waals surface area contributed by atoms with Gasteiger partial charge in [-0.1, -0.05) is 56.2 Å². The van der Waals surface area contributed by atoms with Crippen molar-refractivity contribution in [3.63, 3.8) is 0 Å². The Morgan fingerprint density at radius 3 is 2.35 bits per heavy atom. The molecule has 0 bridgehead atoms. The molecule has 5 rings (SSSR count). The summed E-state index contributed by atoms with van der Waals surface area (Å²) >= 11 is 0. The van der Waals surface area contributed by atoms with Gasteiger partial charge in [-0.15, -0.1) is 0 Å². The van der Waals surface area contributed by atoms with Gasteiger partial charge in [0.25, 0.3) is 0 Å². The lowest BCUT2D eigenvalue weighted by molar-refractivity contribution is -0.143. The number of fused-ring (bicyclic) bond motifs is 2. The second-order valence-corrected chi connectivity index (χ2v) is 11.7. The van der Waals surface area contributed by atoms with Crippen LogP contribution in [0.5, 0.6) is 0 Å². The number of alkyl halides is 6. The SMILES string of the molecule is C[C@H]1CN(CCC(CC2CC2)C(=O)NCc2cc(C(F)(F)F)cc(C(F)(F)F)c2)CC[C@@]12C=Cc1ccccc12. The zero-order valence-corrected chi connectivity index (χ0v) is 22.4. The van der Waals surface area contributed by atoms with E-state index in [9.17, 15) is 31.1 Å². The summed E-state index contributed by atoms with van der Waals surface area (Å²) < 4.78 is 79.4. The zero-order chi connectivity index (χ0) is 28.7. The minimum absolute atomic E-state index is 0.0259. The molecule has 2 aliphatic carbocycles. The second kappa shape index (κ2) is 10.9. The molecule has 3 aliphatic rings. The van der Waals surface area contributed by atoms with E-state index in [0.717, 1.165) is 38.9 Å². The first-order valence-electron chi connectivity index (χ1n) is 13.9. The number of allylic oxidation sites excluding steroid dienone is 1. The lowest BCUT2D eigenvalue weighted by atomic mass is 9.68. The topological polar surface area (TPSA) is 32.3 Å². The van der Waals surface area contributed by atoms with E-state index in [2.05, 4.69) is 53.6 Å². The van der Waals surface area contributed by atoms with Gasteiger partial charge in [0.1, 0.15) is 0 Å². The summed E-state index contributed by atoms with van der Waals surface area (Å²) in [4.78, 5) is 15.5. The minimum Gasteiger partial charge on any atom is -0.352 e. The zero-order valence-electron chi connectivity index (χ0n) is 22.4. The Morgan fingerprint density at radius 1 is 1.05 bits per heavy atom. The number of hydrogen-bond acceptors (Lipinski definition) is 2. The highest BCUT2D eigenvalue weighted by molar-refractivity contribution is 5.78. The van der Waals surface area contributed by atoms with Crippen LogP contribution in [0.25, 0.3) is 6.08 Å². The Kier molecular flexibility index (Phi) is 7.81. The van der Waals surface area contributed by atoms with Crippen LogP contribution in [0.4, 0.5) is 26.3 Å². The molecule has 2 aromatic rings. The number of rotatable bonds is 8. The molecule has 3 nitrogen and oxygen atoms in total. The monoisotopic (exact) mass is 564 g/mol. The molecular formula is C31H34F6N2O. The molecular weight excluding hydrogens is 530 g/mol. The molecule has 3 atom stereocenters. The molecule has 1 spiro atoms. The van der Waals surface area contributed by atoms with Crippen LogP contribution in [0.2, 0.25) is 0 Å². The molecule has 2 fully saturated rings. The summed E-state index contributed by atoms with van der Waals surface area (Å²) in [6.07, 6.45) is -0.942. The highest BCUT2D eigenvalue weighted by Crippen LogP contribution is 2.47. The van der Waals surface area contributed by atoms with Crippen LogP contribution in [-0.4, -0.2) is 30.4 Å². The lowest BCUT2D eigenvalue weighted by Crippen LogP contribution is -2.48. The fraction of sp³-hybridized carbons (Fsp3) is 0.516. The molecule has 1 heterocycles. The van der Waals surface area contributed by atoms with Crippen LogP contribution >= 0.6 is 0 Å². The number of halogens is 6. The van der Waals surface area contributed by atoms with E-state index < -0.39 is 23.5 Å². The van der Waals surface area contributed by atoms with Gasteiger partial charge in [0, 0.05) is 24.4 Å². The Hall–Kier alpha value is -2.81. The van der Waals surface area contributed by atoms with Crippen molar-refractivity contribution in [2.45, 2.75) is 63.3 Å². The van der Waals surface area contributed by atoms with Crippen LogP contribution in [0.1, 0.15) is 66.8 Å². The summed E-state index contributed by atoms with van der Waals surface area (Å²) in [6.45, 7) is 4.38. The first-order valence-corrected chi connectivity index (χ1v) is 13.9. The van der Waals surface area contributed by atoms with Gasteiger partial charge in [0.2, 0.25) is 5.91 Å². The van der Waals surface area contributed by atoms with E-state index in [1.807, 2.05) is 0 Å². The van der Waals surface area contributed by atoms with E-state index in [0.29, 0.717) is 36.8 Å². The van der Waals surface area contributed by atoms with Crippen LogP contribution in [0.15, 0.2) is 48.5 Å². The van der Waals surface area contributed by atoms with E-state index in [1.54, 1.807) is 0 Å². The predicted molar refractivity (Wildman–Crippen MR) is 141 cm³/mol. The molecule has 0 radical (unpaired) electrons. The van der Waals surface area contributed by atoms with Gasteiger partial charge >= 0.3 is 12.4 Å². The first kappa shape index (κ1) is 28.7. The number of carbonyl (C=O) groups is 1. The molecule has 9 heteroatoms. The van der Waals surface area contributed by atoms with Crippen LogP contribution in [0, 0.1) is 17.8 Å². The van der Waals surface area contributed by atoms with Crippen LogP contribution in [-0.2, 0) is 29.1 Å². The van der Waals surface area contributed by atoms with Gasteiger partial charge in [-0.3, -0.25) is 4.79 Å². The molecule has 1 amide bonds. The van der Waals surface area contributed by atoms with E-state index in [1.165, 1.54) is 11.1 Å². The van der Waals surface area contributed by atoms with Crippen molar-refractivity contribution < 1.29 is 31.1 Å². The molecule has 2 aromatic carbocycles. The summed E-state index contributed by atoms with van der Waals surface area (Å²) in [6, 6.07) is 9.93. The van der Waals surface area contributed by atoms with E-state index >= 15 is 0 Å². The molecule has 40 heavy (non-hydrogen) atoms. The highest BCUT2D eigenvalue weighted by Gasteiger charge is 2.43. The van der Waals surface area contributed by atoms with Gasteiger partial charge in [-0.2, -0.15) is 26.3 Å². The van der Waals surface area contributed by atoms with Crippen molar-refractivity contribution in [3.8, 4) is 0 Å². The number of amides is 1. The molecule has 216 valence electrons. The van der Waals surface area contributed by atoms with Crippen LogP contribution < -0.4 is 5.32 Å². The third-order valence-electron chi connectivity index (χ3n) is 8.87. The smallest absolute Gasteiger partial charge is 0.352 e. The van der Waals surface area contributed by atoms with Gasteiger partial charge in [0.05, 0.1) is 11.1 Å². The minimum atomic E-state index is -4.92. The second-order valence-electron chi connectivity index (χ2n) is 11.7. The normalized spacial score (nSPS) is 23.8. The molecule has 0 aromatic heterocycles. The van der Waals surface area contributed by atoms with Gasteiger partial charge in [-0.25, -0.2) is 0 Å². The maximum atomic E-state index is 13.2. The Labute approximate surface area is 230 Å². The fourth-order valence-corrected chi connectivity index (χ4v) is 6.38. The number of benzene rings is 2. The Bertz CT molecular complexity index is 1230. The maximum absolute atomic E-state index is 13.2. The predicted octanol–water partition coefficient (Wildman–Crippen LogP) is 7.45. The summed E-state index contributed by atoms with van der Waals surface area (Å²) in [5.41, 5.74) is -0.308. The van der Waals surface area contributed by atoms with Crippen molar-refractivity contribution in [2.75, 3.05) is 19.6 Å². The largest absolute Gasteiger partial charge is 0.416 e. The number of nitrogens with zero attached hydrogens (tertiary/aromatic N) is 1. The summed E-state index contributed by atoms with van der Waals surface area (Å²) in [5.74, 6) is 0.191. The van der Waals surface area contributed by atoms with E-state index in [4.69, 9.17) is 0 Å². The van der Waals surface area contributed by atoms with Gasteiger partial charge in [-0.05, 0) is 79.1 Å². The van der Waals surface area contributed by atoms with E-state index in [-0.39, 0.29) is 35.4 Å². The average molecular weight is 565 g/mol. The van der Waals surface area contributed by atoms with Crippen molar-refractivity contribution in [1.29, 1.82) is 0 Å². The summed E-state index contributed by atoms with van der Waals surface area (Å²) in [7, 11) is 0. The molecule has 1 saturated heterocycles. The fourth-order valence-electron chi connectivity index (χ4n) is 6.38. The Balaban J connectivity index is 1.21. The van der Waals surface area contributed by atoms with Gasteiger partial charge < -0.3 is 10.2 Å². The van der Waals surface area contributed by atoms with Crippen molar-refractivity contribution in [2.24, 2.45) is 17.8 Å². The third-order valence-corrected chi connectivity index (χ3v) is 8.87. The van der Waals surface area contributed by atoms with Crippen molar-refractivity contribution in [3.05, 3.63) is 76.4 Å². The molecule has 1 unspecified atom stereocenters. The van der Waals surface area contributed by atoms with Crippen molar-refractivity contribution >= 4 is 12.0 Å². The third kappa shape index (κ3) is 6.24. The molecule has 1 saturated carbocycles. The molecule has 1 aliphatic heterocycles. The van der Waals surface area contributed by atoms with Crippen molar-refractivity contribution in [1.82, 2.24) is 10.2 Å². The molecule has 1 N–H and O–H groups in total. The quantitative estimate of drug-likeness (QED) is 0.338. The number of hydrogen-bond donors (Lipinski definition) is 1. The van der Waals surface area contributed by atoms with Crippen LogP contribution in [0.3, 0.4) is 0 Å². The Morgan fingerprint density at radius 2 is 1.73 bits per heavy atom. The highest BCUT2D eigenvalue weighted by atomic mass is 19.4. The number of nitrogens with one attached hydrogen (secondary N) is 1. The van der Waals surface area contributed by atoms with Gasteiger partial charge in [0.15, 0.2) is 0 Å². The number of piperidine rings is 1. The summed E-state index contributed by atoms with van der Waals surface area (Å²) in [5, 5.41) is 2.64. The average Bonchev–Trinajstić information content (AvgIpc) is 3.65.